The molecule has 0 saturated carbocycles. The van der Waals surface area contributed by atoms with E-state index >= 15 is 0 Å². The maximum Gasteiger partial charge on any atom is 0.161 e. The maximum absolute atomic E-state index is 6.72. The van der Waals surface area contributed by atoms with Gasteiger partial charge in [-0.15, -0.1) is 0 Å². The van der Waals surface area contributed by atoms with Crippen LogP contribution in [-0.2, 0) is 0 Å². The van der Waals surface area contributed by atoms with Gasteiger partial charge in [-0.25, -0.2) is 9.97 Å². The van der Waals surface area contributed by atoms with Gasteiger partial charge in [0, 0.05) is 32.7 Å². The van der Waals surface area contributed by atoms with Crippen LogP contribution in [0.2, 0.25) is 0 Å². The van der Waals surface area contributed by atoms with Gasteiger partial charge in [0.25, 0.3) is 0 Å². The van der Waals surface area contributed by atoms with Crippen molar-refractivity contribution in [1.29, 1.82) is 0 Å². The van der Waals surface area contributed by atoms with Crippen LogP contribution in [0.4, 0.5) is 0 Å². The van der Waals surface area contributed by atoms with Crippen molar-refractivity contribution < 1.29 is 4.42 Å². The molecule has 2 aromatic heterocycles. The summed E-state index contributed by atoms with van der Waals surface area (Å²) in [6.45, 7) is 0. The highest BCUT2D eigenvalue weighted by atomic mass is 16.3. The molecular formula is C46H28N2O. The van der Waals surface area contributed by atoms with Gasteiger partial charge in [-0.3, -0.25) is 0 Å². The normalized spacial score (nSPS) is 11.7. The molecule has 0 aliphatic carbocycles. The molecule has 2 heterocycles. The lowest BCUT2D eigenvalue weighted by Crippen LogP contribution is -1.96. The van der Waals surface area contributed by atoms with Crippen LogP contribution in [0.1, 0.15) is 0 Å². The number of aromatic nitrogens is 2. The molecule has 0 atom stereocenters. The molecule has 0 amide bonds. The van der Waals surface area contributed by atoms with Crippen LogP contribution in [-0.4, -0.2) is 9.97 Å². The van der Waals surface area contributed by atoms with E-state index in [0.29, 0.717) is 5.82 Å². The zero-order chi connectivity index (χ0) is 32.3. The topological polar surface area (TPSA) is 38.9 Å². The Morgan fingerprint density at radius 1 is 0.388 bits per heavy atom. The van der Waals surface area contributed by atoms with Gasteiger partial charge in [0.05, 0.1) is 11.2 Å². The Morgan fingerprint density at radius 3 is 1.90 bits per heavy atom. The van der Waals surface area contributed by atoms with E-state index in [1.54, 1.807) is 0 Å². The standard InChI is InChI=1S/C46H28N2O/c1-2-11-29(12-3-1)34-27-40(43-39-26-25-31-14-5-7-17-37(31)45(39)49-42(43)28-34)46-47-41-20-9-8-18-38(41)44(48-46)33-23-21-32(22-24-33)36-19-10-15-30-13-4-6-16-35(30)36/h1-28H. The number of furan rings is 1. The third kappa shape index (κ3) is 4.51. The van der Waals surface area contributed by atoms with Crippen LogP contribution in [0, 0.1) is 0 Å². The number of benzene rings is 8. The summed E-state index contributed by atoms with van der Waals surface area (Å²) in [6, 6.07) is 59.6. The van der Waals surface area contributed by atoms with Crippen LogP contribution >= 0.6 is 0 Å². The largest absolute Gasteiger partial charge is 0.455 e. The fraction of sp³-hybridized carbons (Fsp3) is 0. The highest BCUT2D eigenvalue weighted by molar-refractivity contribution is 6.19. The lowest BCUT2D eigenvalue weighted by atomic mass is 9.96. The first-order chi connectivity index (χ1) is 24.3. The molecule has 3 heteroatoms. The molecule has 0 radical (unpaired) electrons. The number of nitrogens with zero attached hydrogens (tertiary/aromatic N) is 2. The van der Waals surface area contributed by atoms with Crippen molar-refractivity contribution >= 4 is 54.4 Å². The number of hydrogen-bond acceptors (Lipinski definition) is 3. The minimum absolute atomic E-state index is 0.672. The summed E-state index contributed by atoms with van der Waals surface area (Å²) in [7, 11) is 0. The average Bonchev–Trinajstić information content (AvgIpc) is 3.57. The molecule has 0 N–H and O–H groups in total. The molecule has 3 nitrogen and oxygen atoms in total. The van der Waals surface area contributed by atoms with Crippen LogP contribution in [0.15, 0.2) is 174 Å². The summed E-state index contributed by atoms with van der Waals surface area (Å²) in [6.07, 6.45) is 0. The van der Waals surface area contributed by atoms with Crippen molar-refractivity contribution in [3.05, 3.63) is 170 Å². The van der Waals surface area contributed by atoms with E-state index in [4.69, 9.17) is 14.4 Å². The summed E-state index contributed by atoms with van der Waals surface area (Å²) in [4.78, 5) is 10.6. The van der Waals surface area contributed by atoms with Crippen molar-refractivity contribution in [2.45, 2.75) is 0 Å². The van der Waals surface area contributed by atoms with Crippen LogP contribution in [0.25, 0.3) is 99.3 Å². The lowest BCUT2D eigenvalue weighted by molar-refractivity contribution is 0.673. The Kier molecular flexibility index (Phi) is 6.18. The van der Waals surface area contributed by atoms with Gasteiger partial charge in [-0.1, -0.05) is 146 Å². The van der Waals surface area contributed by atoms with E-state index in [1.807, 2.05) is 12.1 Å². The second-order valence-corrected chi connectivity index (χ2v) is 12.5. The van der Waals surface area contributed by atoms with E-state index in [2.05, 4.69) is 158 Å². The van der Waals surface area contributed by atoms with Gasteiger partial charge in [0.1, 0.15) is 11.2 Å². The summed E-state index contributed by atoms with van der Waals surface area (Å²) in [5.41, 5.74) is 10.1. The predicted molar refractivity (Wildman–Crippen MR) is 204 cm³/mol. The SMILES string of the molecule is c1ccc(-c2cc(-c3nc(-c4ccc(-c5cccc6ccccc56)cc4)c4ccccc4n3)c3c(c2)oc2c4ccccc4ccc23)cc1. The minimum atomic E-state index is 0.672. The molecule has 0 aliphatic rings. The van der Waals surface area contributed by atoms with Gasteiger partial charge in [0.2, 0.25) is 0 Å². The molecule has 49 heavy (non-hydrogen) atoms. The fourth-order valence-corrected chi connectivity index (χ4v) is 7.31. The van der Waals surface area contributed by atoms with Crippen molar-refractivity contribution in [3.63, 3.8) is 0 Å². The summed E-state index contributed by atoms with van der Waals surface area (Å²) < 4.78 is 6.72. The van der Waals surface area contributed by atoms with E-state index in [9.17, 15) is 0 Å². The second-order valence-electron chi connectivity index (χ2n) is 12.5. The van der Waals surface area contributed by atoms with E-state index in [0.717, 1.165) is 71.6 Å². The average molecular weight is 625 g/mol. The second kappa shape index (κ2) is 11.0. The Bertz CT molecular complexity index is 2860. The summed E-state index contributed by atoms with van der Waals surface area (Å²) in [5.74, 6) is 0.672. The van der Waals surface area contributed by atoms with Crippen molar-refractivity contribution in [2.75, 3.05) is 0 Å². The molecule has 0 spiro atoms. The predicted octanol–water partition coefficient (Wildman–Crippen LogP) is 12.5. The third-order valence-corrected chi connectivity index (χ3v) is 9.67. The van der Waals surface area contributed by atoms with Gasteiger partial charge in [-0.05, 0) is 62.7 Å². The molecule has 8 aromatic carbocycles. The van der Waals surface area contributed by atoms with Gasteiger partial charge in [0.15, 0.2) is 5.82 Å². The first kappa shape index (κ1) is 27.5. The highest BCUT2D eigenvalue weighted by Crippen LogP contribution is 2.42. The molecule has 0 bridgehead atoms. The summed E-state index contributed by atoms with van der Waals surface area (Å²) in [5, 5.41) is 7.82. The van der Waals surface area contributed by atoms with Gasteiger partial charge < -0.3 is 4.42 Å². The minimum Gasteiger partial charge on any atom is -0.455 e. The van der Waals surface area contributed by atoms with Crippen molar-refractivity contribution in [1.82, 2.24) is 9.97 Å². The van der Waals surface area contributed by atoms with Crippen molar-refractivity contribution in [2.24, 2.45) is 0 Å². The van der Waals surface area contributed by atoms with Crippen LogP contribution < -0.4 is 0 Å². The zero-order valence-electron chi connectivity index (χ0n) is 26.5. The van der Waals surface area contributed by atoms with Gasteiger partial charge in [-0.2, -0.15) is 0 Å². The summed E-state index contributed by atoms with van der Waals surface area (Å²) >= 11 is 0. The Morgan fingerprint density at radius 2 is 1.06 bits per heavy atom. The Hall–Kier alpha value is -6.58. The van der Waals surface area contributed by atoms with Crippen LogP contribution in [0.3, 0.4) is 0 Å². The zero-order valence-corrected chi connectivity index (χ0v) is 26.5. The van der Waals surface area contributed by atoms with E-state index in [-0.39, 0.29) is 0 Å². The Labute approximate surface area is 282 Å². The van der Waals surface area contributed by atoms with Crippen molar-refractivity contribution in [3.8, 4) is 44.9 Å². The molecule has 228 valence electrons. The first-order valence-corrected chi connectivity index (χ1v) is 16.6. The smallest absolute Gasteiger partial charge is 0.161 e. The lowest BCUT2D eigenvalue weighted by Gasteiger charge is -2.12. The fourth-order valence-electron chi connectivity index (χ4n) is 7.31. The number of hydrogen-bond donors (Lipinski definition) is 0. The molecule has 0 fully saturated rings. The van der Waals surface area contributed by atoms with Gasteiger partial charge >= 0.3 is 0 Å². The first-order valence-electron chi connectivity index (χ1n) is 16.6. The van der Waals surface area contributed by atoms with E-state index in [1.165, 1.54) is 21.9 Å². The third-order valence-electron chi connectivity index (χ3n) is 9.67. The molecule has 0 unspecified atom stereocenters. The highest BCUT2D eigenvalue weighted by Gasteiger charge is 2.20. The van der Waals surface area contributed by atoms with E-state index < -0.39 is 0 Å². The number of fused-ring (bicyclic) bond motifs is 7. The molecule has 10 aromatic rings. The molecular weight excluding hydrogens is 597 g/mol. The van der Waals surface area contributed by atoms with Crippen LogP contribution in [0.5, 0.6) is 0 Å². The number of rotatable bonds is 4. The molecule has 0 saturated heterocycles. The Balaban J connectivity index is 1.21. The molecule has 10 rings (SSSR count). The number of para-hydroxylation sites is 1. The quantitative estimate of drug-likeness (QED) is 0.196. The molecule has 0 aliphatic heterocycles. The monoisotopic (exact) mass is 624 g/mol. The maximum atomic E-state index is 6.72.